The number of benzene rings is 1. The Labute approximate surface area is 268 Å². The van der Waals surface area contributed by atoms with E-state index in [4.69, 9.17) is 14.5 Å². The van der Waals surface area contributed by atoms with Crippen molar-refractivity contribution >= 4 is 23.0 Å². The Morgan fingerprint density at radius 1 is 1.05 bits per heavy atom. The van der Waals surface area contributed by atoms with Crippen LogP contribution in [0.15, 0.2) is 50.3 Å². The number of hydrogen-bond donors (Lipinski definition) is 3. The number of rotatable bonds is 14. The summed E-state index contributed by atoms with van der Waals surface area (Å²) >= 11 is 0. The molecule has 3 rings (SSSR count). The van der Waals surface area contributed by atoms with Crippen LogP contribution in [0.4, 0.5) is 17.1 Å². The van der Waals surface area contributed by atoms with Crippen molar-refractivity contribution in [2.45, 2.75) is 33.1 Å². The first-order chi connectivity index (χ1) is 18.7. The van der Waals surface area contributed by atoms with Gasteiger partial charge in [-0.2, -0.15) is 0 Å². The van der Waals surface area contributed by atoms with Crippen LogP contribution in [0.5, 0.6) is 0 Å². The third-order valence-electron chi connectivity index (χ3n) is 6.99. The quantitative estimate of drug-likeness (QED) is 0.0706. The summed E-state index contributed by atoms with van der Waals surface area (Å²) in [7, 11) is 2.76. The smallest absolute Gasteiger partial charge is 0.466 e. The average molecular weight is 643 g/mol. The van der Waals surface area contributed by atoms with Gasteiger partial charge in [-0.3, -0.25) is 9.59 Å². The molecule has 220 valence electrons. The zero-order chi connectivity index (χ0) is 28.7. The van der Waals surface area contributed by atoms with Crippen molar-refractivity contribution in [3.05, 3.63) is 93.6 Å². The van der Waals surface area contributed by atoms with Crippen molar-refractivity contribution in [1.82, 2.24) is 10.2 Å². The molecule has 0 fully saturated rings. The van der Waals surface area contributed by atoms with Gasteiger partial charge in [0.15, 0.2) is 0 Å². The van der Waals surface area contributed by atoms with E-state index in [1.54, 1.807) is 0 Å². The van der Waals surface area contributed by atoms with E-state index < -0.39 is 22.7 Å². The molecule has 0 spiro atoms. The van der Waals surface area contributed by atoms with E-state index in [9.17, 15) is 14.4 Å². The van der Waals surface area contributed by atoms with Gasteiger partial charge < -0.3 is 46.9 Å². The summed E-state index contributed by atoms with van der Waals surface area (Å²) < 4.78 is 5.11. The topological polar surface area (TPSA) is 118 Å². The number of methoxy groups -OCH3 is 1. The Balaban J connectivity index is 0.00000420. The maximum atomic E-state index is 12.9. The summed E-state index contributed by atoms with van der Waals surface area (Å²) in [6.45, 7) is 16.1. The maximum absolute atomic E-state index is 12.9. The third-order valence-corrected chi connectivity index (χ3v) is 6.99. The van der Waals surface area contributed by atoms with Crippen molar-refractivity contribution in [3.8, 4) is 0 Å². The van der Waals surface area contributed by atoms with Crippen LogP contribution in [0.3, 0.4) is 0 Å². The molecule has 3 N–H and O–H groups in total. The molecule has 41 heavy (non-hydrogen) atoms. The first-order valence-electron chi connectivity index (χ1n) is 12.8. The Morgan fingerprint density at radius 2 is 1.71 bits per heavy atom. The van der Waals surface area contributed by atoms with Crippen LogP contribution in [-0.4, -0.2) is 57.9 Å². The summed E-state index contributed by atoms with van der Waals surface area (Å²) in [5, 5.41) is 9.50. The van der Waals surface area contributed by atoms with E-state index in [1.165, 1.54) is 14.2 Å². The molecule has 10 nitrogen and oxygen atoms in total. The van der Waals surface area contributed by atoms with Gasteiger partial charge in [-0.05, 0) is 56.5 Å². The average Bonchev–Trinajstić information content (AvgIpc) is 2.93. The van der Waals surface area contributed by atoms with Crippen LogP contribution in [0.25, 0.3) is 0 Å². The zero-order valence-electron chi connectivity index (χ0n) is 24.9. The molecule has 0 amide bonds. The van der Waals surface area contributed by atoms with Crippen LogP contribution < -0.4 is 26.8 Å². The van der Waals surface area contributed by atoms with Gasteiger partial charge in [0.05, 0.1) is 19.8 Å². The maximum Gasteiger partial charge on any atom is 3.00 e. The molecule has 1 aliphatic heterocycles. The molecule has 0 bridgehead atoms. The largest absolute Gasteiger partial charge is 3.00 e. The van der Waals surface area contributed by atoms with Gasteiger partial charge in [0, 0.05) is 29.5 Å². The number of nitrogens with zero attached hydrogens (tertiary/aromatic N) is 1. The van der Waals surface area contributed by atoms with Gasteiger partial charge in [-0.25, -0.2) is 14.6 Å². The van der Waals surface area contributed by atoms with Crippen LogP contribution in [0.1, 0.15) is 37.3 Å². The molecule has 2 aromatic rings. The molecule has 1 atom stereocenters. The fraction of sp³-hybridized carbons (Fsp3) is 0.400. The monoisotopic (exact) mass is 642 g/mol. The number of anilines is 3. The molecule has 0 aromatic heterocycles. The van der Waals surface area contributed by atoms with Crippen molar-refractivity contribution in [2.75, 3.05) is 57.6 Å². The van der Waals surface area contributed by atoms with E-state index in [0.717, 1.165) is 35.4 Å². The Hall–Kier alpha value is -2.37. The van der Waals surface area contributed by atoms with Gasteiger partial charge in [-0.1, -0.05) is 12.1 Å². The molecule has 0 radical (unpaired) electrons. The van der Waals surface area contributed by atoms with Crippen LogP contribution in [0.2, 0.25) is 0 Å². The number of carbonyl (C=O) groups is 1. The number of hydrogen-bond acceptors (Lipinski definition) is 10. The first kappa shape index (κ1) is 36.7. The second-order valence-corrected chi connectivity index (χ2v) is 9.40. The molecule has 0 aliphatic carbocycles. The standard InChI is InChI=1S/C29H38N4O6.CH3.Y/c1-8-33(9-2)14-10-13-30-25-26(28(35)27(25)34)32-22-15-20(12-11-17(22)3)24-21(16-39-38-7)18(4)31-19(5)23(24)29(36)37-6;;/h11-12,15,24,30-32H,1-2,8-10,13-14,16H2,3-7H3;1H3;/q-2;-1;+3. The van der Waals surface area contributed by atoms with E-state index in [-0.39, 0.29) is 58.1 Å². The van der Waals surface area contributed by atoms with Crippen LogP contribution >= 0.6 is 0 Å². The van der Waals surface area contributed by atoms with Crippen LogP contribution in [0, 0.1) is 28.2 Å². The predicted octanol–water partition coefficient (Wildman–Crippen LogP) is 3.54. The van der Waals surface area contributed by atoms with Gasteiger partial charge in [0.1, 0.15) is 18.0 Å². The normalized spacial score (nSPS) is 14.9. The summed E-state index contributed by atoms with van der Waals surface area (Å²) in [4.78, 5) is 49.9. The van der Waals surface area contributed by atoms with E-state index >= 15 is 0 Å². The Kier molecular flexibility index (Phi) is 15.1. The summed E-state index contributed by atoms with van der Waals surface area (Å²) in [6.07, 6.45) is 0.771. The van der Waals surface area contributed by atoms with Gasteiger partial charge >= 0.3 is 38.7 Å². The van der Waals surface area contributed by atoms with Crippen molar-refractivity contribution in [3.63, 3.8) is 0 Å². The molecule has 1 unspecified atom stereocenters. The first-order valence-corrected chi connectivity index (χ1v) is 12.8. The molecule has 1 aliphatic rings. The minimum atomic E-state index is -0.572. The molecule has 0 saturated heterocycles. The second kappa shape index (κ2) is 16.9. The molecule has 2 aromatic carbocycles. The van der Waals surface area contributed by atoms with Crippen molar-refractivity contribution in [1.29, 1.82) is 0 Å². The summed E-state index contributed by atoms with van der Waals surface area (Å²) in [5.74, 6) is -0.947. The predicted molar refractivity (Wildman–Crippen MR) is 159 cm³/mol. The fourth-order valence-electron chi connectivity index (χ4n) is 4.72. The Morgan fingerprint density at radius 3 is 2.32 bits per heavy atom. The van der Waals surface area contributed by atoms with E-state index in [2.05, 4.69) is 34.7 Å². The van der Waals surface area contributed by atoms with Gasteiger partial charge in [-0.15, -0.1) is 13.1 Å². The number of carbonyl (C=O) groups excluding carboxylic acids is 1. The third kappa shape index (κ3) is 8.35. The molecular formula is C30H41N4O6Y. The molecular weight excluding hydrogens is 601 g/mol. The van der Waals surface area contributed by atoms with Gasteiger partial charge in [0.2, 0.25) is 0 Å². The second-order valence-electron chi connectivity index (χ2n) is 9.40. The molecule has 11 heteroatoms. The molecule has 0 saturated carbocycles. The van der Waals surface area contributed by atoms with Crippen molar-refractivity contribution < 1.29 is 52.0 Å². The summed E-state index contributed by atoms with van der Waals surface area (Å²) in [5.41, 5.74) is 4.44. The number of allylic oxidation sites excluding steroid dienone is 2. The Bertz CT molecular complexity index is 1330. The number of dihydropyridines is 1. The van der Waals surface area contributed by atoms with Crippen molar-refractivity contribution in [2.24, 2.45) is 0 Å². The number of aryl methyl sites for hydroxylation is 1. The van der Waals surface area contributed by atoms with E-state index in [1.807, 2.05) is 39.0 Å². The summed E-state index contributed by atoms with van der Waals surface area (Å²) in [6, 6.07) is 5.70. The van der Waals surface area contributed by atoms with Gasteiger partial charge in [0.25, 0.3) is 10.9 Å². The fourth-order valence-corrected chi connectivity index (χ4v) is 4.72. The minimum Gasteiger partial charge on any atom is -0.466 e. The number of esters is 1. The molecule has 1 heterocycles. The zero-order valence-corrected chi connectivity index (χ0v) is 27.8. The number of nitrogens with one attached hydrogen (secondary N) is 3. The SMILES string of the molecule is [CH2-]CN(C[CH2-])CCCNc1c(Nc2cc(C3C(COOC)=C(C)NC(C)=C3C(=O)OC)ccc2C)c(=O)c1=O.[CH3-].[Y+3]. The number of ether oxygens (including phenoxy) is 1. The van der Waals surface area contributed by atoms with Crippen LogP contribution in [-0.2, 0) is 52.0 Å². The minimum absolute atomic E-state index is 0. The van der Waals surface area contributed by atoms with E-state index in [0.29, 0.717) is 36.6 Å².